The van der Waals surface area contributed by atoms with Gasteiger partial charge in [0.15, 0.2) is 0 Å². The van der Waals surface area contributed by atoms with E-state index in [-0.39, 0.29) is 0 Å². The number of nitrogens with zero attached hydrogens (tertiary/aromatic N) is 5. The highest BCUT2D eigenvalue weighted by molar-refractivity contribution is 5.86. The first kappa shape index (κ1) is 23.3. The van der Waals surface area contributed by atoms with Crippen LogP contribution in [0.4, 0.5) is 0 Å². The Balaban J connectivity index is 1.48. The second-order valence-corrected chi connectivity index (χ2v) is 10.1. The van der Waals surface area contributed by atoms with Crippen LogP contribution in [-0.4, -0.2) is 75.8 Å². The molecule has 5 aromatic rings. The Bertz CT molecular complexity index is 1410. The van der Waals surface area contributed by atoms with Crippen LogP contribution in [0.2, 0.25) is 0 Å². The smallest absolute Gasteiger partial charge is 0.119 e. The van der Waals surface area contributed by atoms with Crippen molar-refractivity contribution in [1.82, 2.24) is 34.5 Å². The molecule has 35 heavy (non-hydrogen) atoms. The third-order valence-corrected chi connectivity index (χ3v) is 6.74. The van der Waals surface area contributed by atoms with Gasteiger partial charge in [0, 0.05) is 53.2 Å². The van der Waals surface area contributed by atoms with Gasteiger partial charge in [0.25, 0.3) is 0 Å². The van der Waals surface area contributed by atoms with Gasteiger partial charge in [-0.05, 0) is 87.6 Å². The molecule has 0 aliphatic heterocycles. The predicted octanol–water partition coefficient (Wildman–Crippen LogP) is 4.09. The van der Waals surface area contributed by atoms with Crippen LogP contribution in [0.15, 0.2) is 55.2 Å². The van der Waals surface area contributed by atoms with Gasteiger partial charge >= 0.3 is 0 Å². The van der Waals surface area contributed by atoms with Gasteiger partial charge < -0.3 is 24.3 Å². The van der Waals surface area contributed by atoms with Gasteiger partial charge in [-0.2, -0.15) is 0 Å². The summed E-state index contributed by atoms with van der Waals surface area (Å²) in [6, 6.07) is 13.6. The molecule has 3 aromatic heterocycles. The maximum absolute atomic E-state index is 3.94. The molecule has 0 aliphatic rings. The molecule has 0 saturated carbocycles. The number of likely N-dealkylation sites (N-methyl/N-ethyl adjacent to an activating group) is 2. The number of hydrogen-bond donors (Lipinski definition) is 2. The Morgan fingerprint density at radius 2 is 1.49 bits per heavy atom. The molecule has 3 heterocycles. The normalized spacial score (nSPS) is 12.1. The Kier molecular flexibility index (Phi) is 6.70. The van der Waals surface area contributed by atoms with Gasteiger partial charge in [0.2, 0.25) is 0 Å². The minimum atomic E-state index is 0.774. The molecule has 2 aromatic carbocycles. The molecule has 0 aliphatic carbocycles. The molecule has 0 fully saturated rings. The van der Waals surface area contributed by atoms with Crippen molar-refractivity contribution in [1.29, 1.82) is 0 Å². The van der Waals surface area contributed by atoms with Crippen LogP contribution in [0, 0.1) is 0 Å². The molecule has 2 N–H and O–H groups in total. The first-order valence-corrected chi connectivity index (χ1v) is 12.3. The first-order chi connectivity index (χ1) is 17.0. The molecule has 0 spiro atoms. The van der Waals surface area contributed by atoms with Gasteiger partial charge in [-0.3, -0.25) is 0 Å². The van der Waals surface area contributed by atoms with E-state index in [1.165, 1.54) is 49.8 Å². The summed E-state index contributed by atoms with van der Waals surface area (Å²) in [6.45, 7) is 2.84. The number of aromatic nitrogens is 5. The minimum Gasteiger partial charge on any atom is -0.361 e. The summed E-state index contributed by atoms with van der Waals surface area (Å²) < 4.78 is 2.01. The molecule has 7 nitrogen and oxygen atoms in total. The summed E-state index contributed by atoms with van der Waals surface area (Å²) >= 11 is 0. The summed E-state index contributed by atoms with van der Waals surface area (Å²) in [7, 11) is 8.54. The van der Waals surface area contributed by atoms with E-state index in [0.29, 0.717) is 0 Å². The van der Waals surface area contributed by atoms with Crippen molar-refractivity contribution in [2.45, 2.75) is 25.8 Å². The molecule has 5 rings (SSSR count). The monoisotopic (exact) mass is 469 g/mol. The van der Waals surface area contributed by atoms with E-state index in [2.05, 4.69) is 101 Å². The van der Waals surface area contributed by atoms with Crippen molar-refractivity contribution >= 4 is 21.8 Å². The highest BCUT2D eigenvalue weighted by Gasteiger charge is 2.14. The molecule has 182 valence electrons. The van der Waals surface area contributed by atoms with Crippen LogP contribution in [0.25, 0.3) is 21.8 Å². The van der Waals surface area contributed by atoms with Crippen molar-refractivity contribution in [3.63, 3.8) is 0 Å². The van der Waals surface area contributed by atoms with Gasteiger partial charge in [0.05, 0.1) is 6.54 Å². The second-order valence-electron chi connectivity index (χ2n) is 10.1. The fraction of sp³-hybridized carbons (Fsp3) is 0.357. The lowest BCUT2D eigenvalue weighted by atomic mass is 9.99. The van der Waals surface area contributed by atoms with E-state index in [1.807, 2.05) is 4.57 Å². The number of H-pyrrole nitrogens is 2. The average Bonchev–Trinajstić information content (AvgIpc) is 3.55. The van der Waals surface area contributed by atoms with Crippen LogP contribution in [0.1, 0.15) is 27.9 Å². The maximum Gasteiger partial charge on any atom is 0.119 e. The van der Waals surface area contributed by atoms with Crippen molar-refractivity contribution < 1.29 is 0 Å². The average molecular weight is 470 g/mol. The number of benzene rings is 2. The fourth-order valence-electron chi connectivity index (χ4n) is 4.83. The van der Waals surface area contributed by atoms with Gasteiger partial charge in [0.1, 0.15) is 12.7 Å². The van der Waals surface area contributed by atoms with Crippen LogP contribution in [-0.2, 0) is 25.8 Å². The van der Waals surface area contributed by atoms with E-state index < -0.39 is 0 Å². The van der Waals surface area contributed by atoms with Crippen molar-refractivity contribution in [3.05, 3.63) is 83.2 Å². The van der Waals surface area contributed by atoms with E-state index >= 15 is 0 Å². The maximum atomic E-state index is 3.94. The lowest BCUT2D eigenvalue weighted by molar-refractivity contribution is 0.414. The molecule has 0 bridgehead atoms. The Morgan fingerprint density at radius 1 is 0.800 bits per heavy atom. The summed E-state index contributed by atoms with van der Waals surface area (Å²) in [5.41, 5.74) is 9.13. The zero-order valence-electron chi connectivity index (χ0n) is 21.2. The predicted molar refractivity (Wildman–Crippen MR) is 143 cm³/mol. The number of nitrogens with one attached hydrogen (secondary N) is 2. The minimum absolute atomic E-state index is 0.774. The Hall–Kier alpha value is -3.42. The van der Waals surface area contributed by atoms with Crippen LogP contribution in [0.3, 0.4) is 0 Å². The zero-order chi connectivity index (χ0) is 24.4. The molecule has 0 atom stereocenters. The summed E-state index contributed by atoms with van der Waals surface area (Å²) in [6.07, 6.45) is 8.66. The van der Waals surface area contributed by atoms with E-state index in [1.54, 1.807) is 12.7 Å². The van der Waals surface area contributed by atoms with Gasteiger partial charge in [-0.15, -0.1) is 10.2 Å². The molecular formula is C28H35N7. The number of aromatic amines is 2. The van der Waals surface area contributed by atoms with Crippen LogP contribution < -0.4 is 0 Å². The standard InChI is InChI=1S/C28H35N7/c1-33(2)11-9-22-16-29-26-7-5-20(13-24(22)26)15-28-23(10-12-34(3)4)25-14-21(6-8-27(25)32-28)17-35-18-30-31-19-35/h5-8,13-14,16,18-19,29,32H,9-12,15,17H2,1-4H3. The number of hydrogen-bond acceptors (Lipinski definition) is 4. The first-order valence-electron chi connectivity index (χ1n) is 12.3. The molecule has 0 saturated heterocycles. The largest absolute Gasteiger partial charge is 0.361 e. The zero-order valence-corrected chi connectivity index (χ0v) is 21.2. The molecule has 0 amide bonds. The van der Waals surface area contributed by atoms with Crippen molar-refractivity contribution in [2.24, 2.45) is 0 Å². The third-order valence-electron chi connectivity index (χ3n) is 6.74. The van der Waals surface area contributed by atoms with Gasteiger partial charge in [-0.25, -0.2) is 0 Å². The molecule has 0 radical (unpaired) electrons. The lowest BCUT2D eigenvalue weighted by Crippen LogP contribution is -2.15. The van der Waals surface area contributed by atoms with Gasteiger partial charge in [-0.1, -0.05) is 12.1 Å². The van der Waals surface area contributed by atoms with Crippen molar-refractivity contribution in [2.75, 3.05) is 41.3 Å². The Labute approximate surface area is 206 Å². The highest BCUT2D eigenvalue weighted by atomic mass is 15.2. The summed E-state index contributed by atoms with van der Waals surface area (Å²) in [5, 5.41) is 10.5. The Morgan fingerprint density at radius 3 is 2.26 bits per heavy atom. The lowest BCUT2D eigenvalue weighted by Gasteiger charge is -2.11. The van der Waals surface area contributed by atoms with Crippen molar-refractivity contribution in [3.8, 4) is 0 Å². The quantitative estimate of drug-likeness (QED) is 0.323. The highest BCUT2D eigenvalue weighted by Crippen LogP contribution is 2.28. The molecule has 7 heteroatoms. The SMILES string of the molecule is CN(C)CCc1c[nH]c2ccc(Cc3[nH]c4ccc(Cn5cnnc5)cc4c3CCN(C)C)cc12. The van der Waals surface area contributed by atoms with Crippen LogP contribution >= 0.6 is 0 Å². The van der Waals surface area contributed by atoms with Crippen LogP contribution in [0.5, 0.6) is 0 Å². The van der Waals surface area contributed by atoms with E-state index in [9.17, 15) is 0 Å². The second kappa shape index (κ2) is 10.1. The summed E-state index contributed by atoms with van der Waals surface area (Å²) in [4.78, 5) is 11.7. The van der Waals surface area contributed by atoms with E-state index in [0.717, 1.165) is 38.9 Å². The molecular weight excluding hydrogens is 434 g/mol. The summed E-state index contributed by atoms with van der Waals surface area (Å²) in [5.74, 6) is 0. The van der Waals surface area contributed by atoms with E-state index in [4.69, 9.17) is 0 Å². The molecule has 0 unspecified atom stereocenters. The number of rotatable bonds is 10. The third kappa shape index (κ3) is 5.31. The topological polar surface area (TPSA) is 68.8 Å². The fourth-order valence-corrected chi connectivity index (χ4v) is 4.83. The number of fused-ring (bicyclic) bond motifs is 2.